The Morgan fingerprint density at radius 1 is 0.112 bits per heavy atom. The van der Waals surface area contributed by atoms with Gasteiger partial charge in [0.15, 0.2) is 0 Å². The van der Waals surface area contributed by atoms with E-state index in [-0.39, 0.29) is 0 Å². The van der Waals surface area contributed by atoms with Crippen molar-refractivity contribution < 1.29 is 0 Å². The molecule has 0 aliphatic carbocycles. The Morgan fingerprint density at radius 3 is 0.474 bits per heavy atom. The lowest BCUT2D eigenvalue weighted by atomic mass is 9.99. The molecular weight excluding hydrogens is 1400 g/mol. The Bertz CT molecular complexity index is 5990. The lowest BCUT2D eigenvalue weighted by Gasteiger charge is -2.27. The molecule has 0 spiro atoms. The summed E-state index contributed by atoms with van der Waals surface area (Å²) in [6, 6.07) is 150. The molecule has 560 valence electrons. The van der Waals surface area contributed by atoms with Crippen molar-refractivity contribution in [2.45, 2.75) is 55.4 Å². The largest absolute Gasteiger partial charge is 0.310 e. The van der Waals surface area contributed by atoms with Gasteiger partial charge in [0.05, 0.1) is 0 Å². The Morgan fingerprint density at radius 2 is 0.267 bits per heavy atom. The molecular formula is C112H92N4. The van der Waals surface area contributed by atoms with Crippen LogP contribution in [-0.2, 0) is 0 Å². The molecule has 0 aliphatic rings. The van der Waals surface area contributed by atoms with Crippen LogP contribution in [0.3, 0.4) is 0 Å². The summed E-state index contributed by atoms with van der Waals surface area (Å²) in [5.74, 6) is 0. The van der Waals surface area contributed by atoms with E-state index >= 15 is 0 Å². The third-order valence-corrected chi connectivity index (χ3v) is 21.9. The second-order valence-corrected chi connectivity index (χ2v) is 31.0. The fraction of sp³-hybridized carbons (Fsp3) is 0.0714. The van der Waals surface area contributed by atoms with Gasteiger partial charge in [-0.3, -0.25) is 0 Å². The van der Waals surface area contributed by atoms with Crippen molar-refractivity contribution in [2.24, 2.45) is 0 Å². The molecule has 4 heteroatoms. The Balaban J connectivity index is 0.000000167. The molecule has 0 saturated heterocycles. The number of aryl methyl sites for hydroxylation is 8. The maximum absolute atomic E-state index is 2.37. The summed E-state index contributed by atoms with van der Waals surface area (Å²) < 4.78 is 0. The quantitative estimate of drug-likeness (QED) is 0.0849. The van der Waals surface area contributed by atoms with E-state index in [9.17, 15) is 0 Å². The standard InChI is InChI=1S/C58H48N2.C54H44N2/c1-41-35-42(2)38-57(37-41)59(53-27-19-49(20-28-53)45-11-7-5-8-12-45)55-31-23-51(24-32-55)47-15-17-48(18-16-47)52-25-33-56(34-26-52)60(58-39-43(3)36-44(4)40-58)54-29-21-50(22-30-54)46-13-9-6-10-14-46;1-37-29-38(2)32-53(31-37)55(51-27-21-41-9-5-7-11-47(41)35-51)49-23-17-45(18-24-49)43-13-15-44(16-14-43)46-19-25-50(26-20-46)56(54-33-39(3)30-40(4)34-54)52-28-22-42-10-6-8-12-48(42)36-52/h5-40H,1-4H3;5-36H,1-4H3. The lowest BCUT2D eigenvalue weighted by molar-refractivity contribution is 1.25. The van der Waals surface area contributed by atoms with Crippen molar-refractivity contribution in [2.75, 3.05) is 19.6 Å². The average molecular weight is 1490 g/mol. The molecule has 0 bridgehead atoms. The number of hydrogen-bond donors (Lipinski definition) is 0. The van der Waals surface area contributed by atoms with Crippen LogP contribution >= 0.6 is 0 Å². The molecule has 0 unspecified atom stereocenters. The Labute approximate surface area is 684 Å². The molecule has 0 aliphatic heterocycles. The van der Waals surface area contributed by atoms with Gasteiger partial charge < -0.3 is 19.6 Å². The van der Waals surface area contributed by atoms with Crippen LogP contribution in [0.25, 0.3) is 88.3 Å². The van der Waals surface area contributed by atoms with Crippen LogP contribution in [0, 0.1) is 55.4 Å². The van der Waals surface area contributed by atoms with Crippen LogP contribution in [0.4, 0.5) is 68.2 Å². The van der Waals surface area contributed by atoms with E-state index in [1.54, 1.807) is 0 Å². The molecule has 0 N–H and O–H groups in total. The minimum atomic E-state index is 1.12. The average Bonchev–Trinajstić information content (AvgIpc) is 0.800. The SMILES string of the molecule is Cc1cc(C)cc(N(c2ccc(-c3ccc(-c4ccc(N(c5cc(C)cc(C)c5)c5ccc6ccccc6c5)cc4)cc3)cc2)c2ccc3ccccc3c2)c1.Cc1cc(C)cc(N(c2ccc(-c3ccccc3)cc2)c2ccc(-c3ccc(-c4ccc(N(c5ccc(-c6ccccc6)cc5)c5cc(C)cc(C)c5)cc4)cc3)cc2)c1. The first kappa shape index (κ1) is 74.4. The molecule has 18 rings (SSSR count). The maximum atomic E-state index is 2.37. The Kier molecular flexibility index (Phi) is 21.3. The minimum absolute atomic E-state index is 1.12. The van der Waals surface area contributed by atoms with Gasteiger partial charge in [0.1, 0.15) is 0 Å². The molecule has 0 aromatic heterocycles. The molecule has 0 heterocycles. The number of nitrogens with zero attached hydrogens (tertiary/aromatic N) is 4. The minimum Gasteiger partial charge on any atom is -0.310 e. The highest BCUT2D eigenvalue weighted by Gasteiger charge is 2.21. The zero-order chi connectivity index (χ0) is 79.2. The van der Waals surface area contributed by atoms with Gasteiger partial charge >= 0.3 is 0 Å². The maximum Gasteiger partial charge on any atom is 0.0468 e. The normalized spacial score (nSPS) is 11.1. The van der Waals surface area contributed by atoms with Crippen LogP contribution in [0.5, 0.6) is 0 Å². The summed E-state index contributed by atoms with van der Waals surface area (Å²) in [5, 5.41) is 4.95. The van der Waals surface area contributed by atoms with Gasteiger partial charge in [0, 0.05) is 68.2 Å². The predicted octanol–water partition coefficient (Wildman–Crippen LogP) is 32.0. The summed E-state index contributed by atoms with van der Waals surface area (Å²) in [6.07, 6.45) is 0. The molecule has 116 heavy (non-hydrogen) atoms. The zero-order valence-electron chi connectivity index (χ0n) is 67.0. The monoisotopic (exact) mass is 1490 g/mol. The second-order valence-electron chi connectivity index (χ2n) is 31.0. The molecule has 18 aromatic carbocycles. The second kappa shape index (κ2) is 33.2. The van der Waals surface area contributed by atoms with Gasteiger partial charge in [-0.15, -0.1) is 0 Å². The van der Waals surface area contributed by atoms with Crippen LogP contribution in [0.15, 0.2) is 413 Å². The molecule has 0 atom stereocenters. The highest BCUT2D eigenvalue weighted by Crippen LogP contribution is 2.44. The topological polar surface area (TPSA) is 13.0 Å². The van der Waals surface area contributed by atoms with E-state index in [0.717, 1.165) is 68.2 Å². The summed E-state index contributed by atoms with van der Waals surface area (Å²) >= 11 is 0. The number of anilines is 12. The van der Waals surface area contributed by atoms with Crippen molar-refractivity contribution in [1.82, 2.24) is 0 Å². The highest BCUT2D eigenvalue weighted by atomic mass is 15.2. The molecule has 0 fully saturated rings. The van der Waals surface area contributed by atoms with Gasteiger partial charge in [-0.25, -0.2) is 0 Å². The van der Waals surface area contributed by atoms with Crippen molar-refractivity contribution in [3.8, 4) is 66.8 Å². The first-order valence-corrected chi connectivity index (χ1v) is 40.1. The van der Waals surface area contributed by atoms with Crippen molar-refractivity contribution in [3.63, 3.8) is 0 Å². The zero-order valence-corrected chi connectivity index (χ0v) is 67.0. The van der Waals surface area contributed by atoms with E-state index in [4.69, 9.17) is 0 Å². The summed E-state index contributed by atoms with van der Waals surface area (Å²) in [4.78, 5) is 9.44. The van der Waals surface area contributed by atoms with Gasteiger partial charge in [0.25, 0.3) is 0 Å². The molecule has 0 amide bonds. The van der Waals surface area contributed by atoms with E-state index in [2.05, 4.69) is 488 Å². The summed E-state index contributed by atoms with van der Waals surface area (Å²) in [6.45, 7) is 17.4. The van der Waals surface area contributed by atoms with Crippen molar-refractivity contribution >= 4 is 89.8 Å². The third kappa shape index (κ3) is 16.6. The molecule has 4 nitrogen and oxygen atoms in total. The third-order valence-electron chi connectivity index (χ3n) is 21.9. The fourth-order valence-corrected chi connectivity index (χ4v) is 16.5. The fourth-order valence-electron chi connectivity index (χ4n) is 16.5. The van der Waals surface area contributed by atoms with Gasteiger partial charge in [0.2, 0.25) is 0 Å². The van der Waals surface area contributed by atoms with Crippen LogP contribution in [-0.4, -0.2) is 0 Å². The smallest absolute Gasteiger partial charge is 0.0468 e. The van der Waals surface area contributed by atoms with Crippen LogP contribution < -0.4 is 19.6 Å². The Hall–Kier alpha value is -14.3. The van der Waals surface area contributed by atoms with E-state index < -0.39 is 0 Å². The molecule has 0 saturated carbocycles. The number of benzene rings is 18. The van der Waals surface area contributed by atoms with Gasteiger partial charge in [-0.05, 0) is 334 Å². The molecule has 0 radical (unpaired) electrons. The highest BCUT2D eigenvalue weighted by molar-refractivity contribution is 5.93. The number of fused-ring (bicyclic) bond motifs is 2. The van der Waals surface area contributed by atoms with Crippen LogP contribution in [0.1, 0.15) is 44.5 Å². The summed E-state index contributed by atoms with van der Waals surface area (Å²) in [5.41, 5.74) is 38.0. The number of rotatable bonds is 18. The van der Waals surface area contributed by atoms with Crippen LogP contribution in [0.2, 0.25) is 0 Å². The van der Waals surface area contributed by atoms with Crippen molar-refractivity contribution in [3.05, 3.63) is 457 Å². The van der Waals surface area contributed by atoms with E-state index in [0.29, 0.717) is 0 Å². The first-order chi connectivity index (χ1) is 56.7. The predicted molar refractivity (Wildman–Crippen MR) is 497 cm³/mol. The molecule has 18 aromatic rings. The lowest BCUT2D eigenvalue weighted by Crippen LogP contribution is -2.10. The first-order valence-electron chi connectivity index (χ1n) is 40.1. The van der Waals surface area contributed by atoms with E-state index in [1.807, 2.05) is 0 Å². The summed E-state index contributed by atoms with van der Waals surface area (Å²) in [7, 11) is 0. The number of hydrogen-bond acceptors (Lipinski definition) is 4. The van der Waals surface area contributed by atoms with Crippen molar-refractivity contribution in [1.29, 1.82) is 0 Å². The van der Waals surface area contributed by atoms with Gasteiger partial charge in [-0.2, -0.15) is 0 Å². The van der Waals surface area contributed by atoms with E-state index in [1.165, 1.54) is 133 Å². The van der Waals surface area contributed by atoms with Gasteiger partial charge in [-0.1, -0.05) is 267 Å².